The molecule has 1 fully saturated rings. The van der Waals surface area contributed by atoms with Crippen molar-refractivity contribution in [2.24, 2.45) is 0 Å². The van der Waals surface area contributed by atoms with Gasteiger partial charge in [0, 0.05) is 6.92 Å². The average Bonchev–Trinajstić information content (AvgIpc) is 2.92. The van der Waals surface area contributed by atoms with Crippen LogP contribution in [0.3, 0.4) is 0 Å². The fourth-order valence-electron chi connectivity index (χ4n) is 2.19. The van der Waals surface area contributed by atoms with Crippen LogP contribution < -0.4 is 34.5 Å². The van der Waals surface area contributed by atoms with Crippen molar-refractivity contribution in [1.82, 2.24) is 4.31 Å². The number of thiophene rings is 1. The number of amides is 2. The molecule has 23 heavy (non-hydrogen) atoms. The van der Waals surface area contributed by atoms with Gasteiger partial charge in [0.15, 0.2) is 16.3 Å². The molecule has 1 aromatic heterocycles. The van der Waals surface area contributed by atoms with E-state index < -0.39 is 40.2 Å². The minimum atomic E-state index is -5.18. The van der Waals surface area contributed by atoms with E-state index in [0.29, 0.717) is 5.00 Å². The molecule has 0 aliphatic carbocycles. The molecular weight excluding hydrogens is 359 g/mol. The topological polar surface area (TPSA) is 124 Å². The van der Waals surface area contributed by atoms with Crippen molar-refractivity contribution in [2.45, 2.75) is 19.0 Å². The Morgan fingerprint density at radius 3 is 2.43 bits per heavy atom. The summed E-state index contributed by atoms with van der Waals surface area (Å²) in [4.78, 5) is 36.6. The zero-order valence-corrected chi connectivity index (χ0v) is 16.1. The van der Waals surface area contributed by atoms with Crippen LogP contribution in [0.2, 0.25) is 0 Å². The normalized spacial score (nSPS) is 20.3. The Labute approximate surface area is 158 Å². The summed E-state index contributed by atoms with van der Waals surface area (Å²) in [6.07, 6.45) is 0. The van der Waals surface area contributed by atoms with Gasteiger partial charge in [-0.2, -0.15) is 0 Å². The quantitative estimate of drug-likeness (QED) is 0.231. The molecule has 1 aliphatic heterocycles. The number of carbonyl (C=O) groups excluding carboxylic acids is 3. The minimum Gasteiger partial charge on any atom is -0.731 e. The van der Waals surface area contributed by atoms with E-state index in [1.54, 1.807) is 11.4 Å². The number of ether oxygens (including phenoxy) is 1. The summed E-state index contributed by atoms with van der Waals surface area (Å²) in [5.74, 6) is -2.81. The standard InChI is InChI=1S/C11H12N2O7S2.Na/c1-6(14)12(7-4-3-5-21-7)8-9(11(16)20-2)13(10(8)15)22(17,18)19;/h3-5,8-9H,1-2H3,(H,17,18,19);/q;+1/p-1. The molecule has 0 N–H and O–H groups in total. The molecule has 2 heterocycles. The molecule has 2 rings (SSSR count). The Morgan fingerprint density at radius 1 is 1.43 bits per heavy atom. The van der Waals surface area contributed by atoms with E-state index in [1.165, 1.54) is 6.07 Å². The van der Waals surface area contributed by atoms with Crippen LogP contribution in [-0.4, -0.2) is 54.3 Å². The maximum Gasteiger partial charge on any atom is 1.00 e. The monoisotopic (exact) mass is 370 g/mol. The number of rotatable bonds is 4. The van der Waals surface area contributed by atoms with Gasteiger partial charge in [-0.25, -0.2) is 17.5 Å². The maximum absolute atomic E-state index is 12.0. The molecule has 12 heteroatoms. The van der Waals surface area contributed by atoms with Crippen molar-refractivity contribution in [3.8, 4) is 0 Å². The van der Waals surface area contributed by atoms with Gasteiger partial charge in [-0.05, 0) is 17.5 Å². The molecule has 120 valence electrons. The summed E-state index contributed by atoms with van der Waals surface area (Å²) < 4.78 is 37.7. The second-order valence-electron chi connectivity index (χ2n) is 4.34. The van der Waals surface area contributed by atoms with Crippen LogP contribution in [0.25, 0.3) is 0 Å². The van der Waals surface area contributed by atoms with Crippen LogP contribution in [0.15, 0.2) is 17.5 Å². The molecule has 0 saturated carbocycles. The van der Waals surface area contributed by atoms with Gasteiger partial charge < -0.3 is 9.29 Å². The van der Waals surface area contributed by atoms with E-state index in [1.807, 2.05) is 0 Å². The summed E-state index contributed by atoms with van der Waals surface area (Å²) in [6.45, 7) is 1.16. The Balaban J connectivity index is 0.00000264. The van der Waals surface area contributed by atoms with Crippen molar-refractivity contribution in [3.05, 3.63) is 17.5 Å². The summed E-state index contributed by atoms with van der Waals surface area (Å²) >= 11 is 1.12. The zero-order chi connectivity index (χ0) is 16.7. The predicted molar refractivity (Wildman–Crippen MR) is 73.6 cm³/mol. The maximum atomic E-state index is 12.0. The van der Waals surface area contributed by atoms with Gasteiger partial charge in [0.25, 0.3) is 5.91 Å². The van der Waals surface area contributed by atoms with E-state index >= 15 is 0 Å². The largest absolute Gasteiger partial charge is 1.00 e. The van der Waals surface area contributed by atoms with Gasteiger partial charge in [-0.3, -0.25) is 14.5 Å². The van der Waals surface area contributed by atoms with Crippen LogP contribution in [0.1, 0.15) is 6.92 Å². The predicted octanol–water partition coefficient (Wildman–Crippen LogP) is -3.68. The fraction of sp³-hybridized carbons (Fsp3) is 0.364. The zero-order valence-electron chi connectivity index (χ0n) is 12.5. The van der Waals surface area contributed by atoms with E-state index in [9.17, 15) is 27.4 Å². The number of hydrogen-bond acceptors (Lipinski definition) is 8. The van der Waals surface area contributed by atoms with Crippen LogP contribution in [-0.2, 0) is 29.4 Å². The summed E-state index contributed by atoms with van der Waals surface area (Å²) in [5.41, 5.74) is 0. The third-order valence-corrected chi connectivity index (χ3v) is 4.82. The van der Waals surface area contributed by atoms with Crippen LogP contribution in [0.5, 0.6) is 0 Å². The summed E-state index contributed by atoms with van der Waals surface area (Å²) in [6, 6.07) is 0.0365. The molecule has 1 aliphatic rings. The van der Waals surface area contributed by atoms with E-state index in [0.717, 1.165) is 30.3 Å². The molecule has 2 atom stereocenters. The summed E-state index contributed by atoms with van der Waals surface area (Å²) in [7, 11) is -4.19. The number of esters is 1. The smallest absolute Gasteiger partial charge is 0.731 e. The molecule has 2 amide bonds. The first kappa shape index (κ1) is 20.1. The third kappa shape index (κ3) is 3.59. The Hall–Kier alpha value is -0.980. The molecule has 2 unspecified atom stereocenters. The van der Waals surface area contributed by atoms with Crippen LogP contribution >= 0.6 is 11.3 Å². The Kier molecular flexibility index (Phi) is 6.35. The first-order valence-electron chi connectivity index (χ1n) is 5.90. The van der Waals surface area contributed by atoms with Crippen molar-refractivity contribution < 1.29 is 61.6 Å². The number of carbonyl (C=O) groups is 3. The number of anilines is 1. The number of methoxy groups -OCH3 is 1. The number of nitrogens with zero attached hydrogens (tertiary/aromatic N) is 2. The van der Waals surface area contributed by atoms with Gasteiger partial charge in [-0.1, -0.05) is 0 Å². The SMILES string of the molecule is COC(=O)C1C(N(C(C)=O)c2cccs2)C(=O)N1S(=O)(=O)[O-].[Na+]. The third-order valence-electron chi connectivity index (χ3n) is 3.07. The van der Waals surface area contributed by atoms with Gasteiger partial charge in [0.1, 0.15) is 6.04 Å². The van der Waals surface area contributed by atoms with Crippen LogP contribution in [0, 0.1) is 0 Å². The molecular formula is C11H11N2NaO7S2. The van der Waals surface area contributed by atoms with Crippen molar-refractivity contribution in [3.63, 3.8) is 0 Å². The van der Waals surface area contributed by atoms with Crippen molar-refractivity contribution in [2.75, 3.05) is 12.0 Å². The number of hydrogen-bond donors (Lipinski definition) is 0. The second-order valence-corrected chi connectivity index (χ2v) is 6.52. The van der Waals surface area contributed by atoms with Crippen molar-refractivity contribution in [1.29, 1.82) is 0 Å². The van der Waals surface area contributed by atoms with E-state index in [-0.39, 0.29) is 33.9 Å². The Bertz CT molecular complexity index is 719. The molecule has 0 spiro atoms. The average molecular weight is 370 g/mol. The summed E-state index contributed by atoms with van der Waals surface area (Å²) in [5, 5.41) is 1.99. The molecule has 0 bridgehead atoms. The molecule has 0 aromatic carbocycles. The molecule has 9 nitrogen and oxygen atoms in total. The van der Waals surface area contributed by atoms with Gasteiger partial charge in [-0.15, -0.1) is 11.3 Å². The fourth-order valence-corrected chi connectivity index (χ4v) is 3.81. The van der Waals surface area contributed by atoms with Gasteiger partial charge in [0.2, 0.25) is 5.91 Å². The van der Waals surface area contributed by atoms with E-state index in [4.69, 9.17) is 0 Å². The van der Waals surface area contributed by atoms with Gasteiger partial charge in [0.05, 0.1) is 12.1 Å². The number of β-lactam (4-membered cyclic amide) rings is 1. The molecule has 1 aromatic rings. The Morgan fingerprint density at radius 2 is 2.04 bits per heavy atom. The molecule has 1 saturated heterocycles. The van der Waals surface area contributed by atoms with Gasteiger partial charge >= 0.3 is 35.5 Å². The van der Waals surface area contributed by atoms with E-state index in [2.05, 4.69) is 4.74 Å². The van der Waals surface area contributed by atoms with Crippen LogP contribution in [0.4, 0.5) is 5.00 Å². The molecule has 0 radical (unpaired) electrons. The first-order chi connectivity index (χ1) is 10.2. The second kappa shape index (κ2) is 7.28. The van der Waals surface area contributed by atoms with Crippen molar-refractivity contribution >= 4 is 44.4 Å². The minimum absolute atomic E-state index is 0. The first-order valence-corrected chi connectivity index (χ1v) is 8.15.